The van der Waals surface area contributed by atoms with Gasteiger partial charge in [-0.3, -0.25) is 14.4 Å². The molecule has 2 aromatic heterocycles. The van der Waals surface area contributed by atoms with Gasteiger partial charge >= 0.3 is 0 Å². The number of nitrogens with two attached hydrogens (primary N) is 2. The van der Waals surface area contributed by atoms with Crippen LogP contribution in [-0.2, 0) is 11.2 Å². The molecule has 11 nitrogen and oxygen atoms in total. The summed E-state index contributed by atoms with van der Waals surface area (Å²) in [5.74, 6) is -2.67. The van der Waals surface area contributed by atoms with Crippen molar-refractivity contribution >= 4 is 34.9 Å². The Morgan fingerprint density at radius 1 is 1.18 bits per heavy atom. The number of anilines is 3. The van der Waals surface area contributed by atoms with Crippen molar-refractivity contribution in [1.29, 1.82) is 0 Å². The second-order valence-electron chi connectivity index (χ2n) is 7.60. The molecule has 3 rings (SSSR count). The molecule has 0 saturated heterocycles. The van der Waals surface area contributed by atoms with Gasteiger partial charge in [-0.05, 0) is 37.6 Å². The number of pyridine rings is 1. The number of halogens is 1. The molecule has 0 aliphatic carbocycles. The smallest absolute Gasteiger partial charge is 0.277 e. The monoisotopic (exact) mass is 469 g/mol. The fourth-order valence-electron chi connectivity index (χ4n) is 3.16. The summed E-state index contributed by atoms with van der Waals surface area (Å²) in [4.78, 5) is 40.5. The largest absolute Gasteiger partial charge is 0.497 e. The number of hydrogen-bond acceptors (Lipinski definition) is 7. The molecule has 0 atom stereocenters. The zero-order chi connectivity index (χ0) is 25.0. The van der Waals surface area contributed by atoms with Gasteiger partial charge in [-0.15, -0.1) is 0 Å². The second kappa shape index (κ2) is 9.98. The number of ether oxygens (including phenoxy) is 1. The topological polar surface area (TPSA) is 167 Å². The number of rotatable bonds is 8. The molecular formula is C22H24FN7O4. The molecular weight excluding hydrogens is 445 g/mol. The van der Waals surface area contributed by atoms with E-state index in [0.717, 1.165) is 11.8 Å². The highest BCUT2D eigenvalue weighted by atomic mass is 19.1. The van der Waals surface area contributed by atoms with Crippen LogP contribution in [0.25, 0.3) is 0 Å². The van der Waals surface area contributed by atoms with Crippen LogP contribution < -0.4 is 26.8 Å². The summed E-state index contributed by atoms with van der Waals surface area (Å²) in [5, 5.41) is 8.93. The van der Waals surface area contributed by atoms with Crippen LogP contribution in [0, 0.1) is 5.95 Å². The zero-order valence-corrected chi connectivity index (χ0v) is 18.8. The summed E-state index contributed by atoms with van der Waals surface area (Å²) in [5.41, 5.74) is 11.2. The lowest BCUT2D eigenvalue weighted by Crippen LogP contribution is -2.21. The van der Waals surface area contributed by atoms with Gasteiger partial charge in [0.2, 0.25) is 11.9 Å². The van der Waals surface area contributed by atoms with E-state index in [-0.39, 0.29) is 46.8 Å². The average molecular weight is 469 g/mol. The van der Waals surface area contributed by atoms with E-state index >= 15 is 0 Å². The molecule has 3 aromatic rings. The van der Waals surface area contributed by atoms with Gasteiger partial charge in [0.05, 0.1) is 31.1 Å². The summed E-state index contributed by atoms with van der Waals surface area (Å²) in [6.07, 6.45) is 1.16. The molecule has 0 aliphatic rings. The third kappa shape index (κ3) is 5.28. The molecule has 0 aliphatic heterocycles. The number of nitrogens with zero attached hydrogens (tertiary/aromatic N) is 3. The van der Waals surface area contributed by atoms with Crippen molar-refractivity contribution in [3.63, 3.8) is 0 Å². The Hall–Kier alpha value is -4.48. The van der Waals surface area contributed by atoms with Gasteiger partial charge in [-0.25, -0.2) is 9.67 Å². The Kier molecular flexibility index (Phi) is 7.09. The lowest BCUT2D eigenvalue weighted by molar-refractivity contribution is -0.115. The number of benzene rings is 1. The maximum Gasteiger partial charge on any atom is 0.277 e. The van der Waals surface area contributed by atoms with E-state index in [1.807, 2.05) is 0 Å². The van der Waals surface area contributed by atoms with Gasteiger partial charge in [0.25, 0.3) is 11.8 Å². The Morgan fingerprint density at radius 2 is 1.85 bits per heavy atom. The number of nitrogens with one attached hydrogen (secondary N) is 2. The zero-order valence-electron chi connectivity index (χ0n) is 18.8. The third-order valence-electron chi connectivity index (χ3n) is 4.79. The second-order valence-corrected chi connectivity index (χ2v) is 7.60. The van der Waals surface area contributed by atoms with E-state index in [0.29, 0.717) is 5.75 Å². The number of carbonyl (C=O) groups is 3. The predicted molar refractivity (Wildman–Crippen MR) is 123 cm³/mol. The molecule has 178 valence electrons. The fraction of sp³-hybridized carbons (Fsp3) is 0.227. The average Bonchev–Trinajstić information content (AvgIpc) is 3.14. The molecule has 12 heteroatoms. The van der Waals surface area contributed by atoms with Gasteiger partial charge in [-0.2, -0.15) is 9.49 Å². The highest BCUT2D eigenvalue weighted by Gasteiger charge is 2.27. The number of aromatic nitrogens is 3. The highest BCUT2D eigenvalue weighted by molar-refractivity contribution is 6.12. The molecule has 0 unspecified atom stereocenters. The first kappa shape index (κ1) is 24.2. The number of carbonyl (C=O) groups excluding carboxylic acids is 3. The van der Waals surface area contributed by atoms with Crippen LogP contribution in [0.2, 0.25) is 0 Å². The molecule has 34 heavy (non-hydrogen) atoms. The maximum absolute atomic E-state index is 14.3. The number of methoxy groups -OCH3 is 1. The molecule has 0 spiro atoms. The first-order valence-corrected chi connectivity index (χ1v) is 10.2. The standard InChI is InChI=1S/C22H24FN7O4/c1-11(2)30-20(24)17(21(25)32)18(29-30)22(33)28-15-9-13(10-26-19(15)23)27-16(31)8-12-4-6-14(34-3)7-5-12/h4-7,9-11H,8,24H2,1-3H3,(H2,25,32)(H,27,31)(H,28,33). The highest BCUT2D eigenvalue weighted by Crippen LogP contribution is 2.23. The van der Waals surface area contributed by atoms with E-state index < -0.39 is 17.8 Å². The molecule has 6 N–H and O–H groups in total. The summed E-state index contributed by atoms with van der Waals surface area (Å²) in [6.45, 7) is 3.50. The van der Waals surface area contributed by atoms with Crippen molar-refractivity contribution in [3.8, 4) is 5.75 Å². The Balaban J connectivity index is 1.77. The van der Waals surface area contributed by atoms with Gasteiger partial charge < -0.3 is 26.8 Å². The molecule has 0 bridgehead atoms. The fourth-order valence-corrected chi connectivity index (χ4v) is 3.16. The predicted octanol–water partition coefficient (Wildman–Crippen LogP) is 2.12. The molecule has 2 heterocycles. The van der Waals surface area contributed by atoms with Crippen molar-refractivity contribution in [2.45, 2.75) is 26.3 Å². The van der Waals surface area contributed by atoms with Crippen LogP contribution in [0.5, 0.6) is 5.75 Å². The van der Waals surface area contributed by atoms with Gasteiger partial charge in [0.15, 0.2) is 5.69 Å². The first-order valence-electron chi connectivity index (χ1n) is 10.2. The Labute approximate surface area is 194 Å². The first-order chi connectivity index (χ1) is 16.1. The molecule has 0 radical (unpaired) electrons. The summed E-state index contributed by atoms with van der Waals surface area (Å²) in [7, 11) is 1.54. The maximum atomic E-state index is 14.3. The van der Waals surface area contributed by atoms with Crippen molar-refractivity contribution in [2.24, 2.45) is 5.73 Å². The quantitative estimate of drug-likeness (QED) is 0.366. The molecule has 1 aromatic carbocycles. The van der Waals surface area contributed by atoms with Crippen LogP contribution in [0.4, 0.5) is 21.6 Å². The third-order valence-corrected chi connectivity index (χ3v) is 4.79. The van der Waals surface area contributed by atoms with Crippen LogP contribution in [0.1, 0.15) is 46.3 Å². The van der Waals surface area contributed by atoms with Crippen LogP contribution in [0.15, 0.2) is 36.5 Å². The van der Waals surface area contributed by atoms with Gasteiger partial charge in [0, 0.05) is 6.04 Å². The van der Waals surface area contributed by atoms with E-state index in [1.165, 1.54) is 10.7 Å². The normalized spacial score (nSPS) is 10.7. The van der Waals surface area contributed by atoms with Gasteiger partial charge in [-0.1, -0.05) is 12.1 Å². The van der Waals surface area contributed by atoms with E-state index in [4.69, 9.17) is 16.2 Å². The van der Waals surface area contributed by atoms with Crippen molar-refractivity contribution in [1.82, 2.24) is 14.8 Å². The Bertz CT molecular complexity index is 1240. The SMILES string of the molecule is COc1ccc(CC(=O)Nc2cnc(F)c(NC(=O)c3nn(C(C)C)c(N)c3C(N)=O)c2)cc1. The minimum atomic E-state index is -1.00. The summed E-state index contributed by atoms with van der Waals surface area (Å²) < 4.78 is 20.6. The minimum absolute atomic E-state index is 0.0525. The summed E-state index contributed by atoms with van der Waals surface area (Å²) in [6, 6.07) is 7.87. The number of primary amides is 1. The number of nitrogen functional groups attached to an aromatic ring is 1. The van der Waals surface area contributed by atoms with Crippen LogP contribution >= 0.6 is 0 Å². The van der Waals surface area contributed by atoms with E-state index in [1.54, 1.807) is 45.2 Å². The molecule has 0 saturated carbocycles. The molecule has 0 fully saturated rings. The molecule has 3 amide bonds. The lowest BCUT2D eigenvalue weighted by Gasteiger charge is -2.09. The number of amides is 3. The van der Waals surface area contributed by atoms with Crippen LogP contribution in [0.3, 0.4) is 0 Å². The Morgan fingerprint density at radius 3 is 2.44 bits per heavy atom. The van der Waals surface area contributed by atoms with Crippen molar-refractivity contribution in [2.75, 3.05) is 23.5 Å². The van der Waals surface area contributed by atoms with Crippen molar-refractivity contribution in [3.05, 3.63) is 59.3 Å². The van der Waals surface area contributed by atoms with Crippen molar-refractivity contribution < 1.29 is 23.5 Å². The lowest BCUT2D eigenvalue weighted by atomic mass is 10.1. The van der Waals surface area contributed by atoms with Gasteiger partial charge in [0.1, 0.15) is 17.1 Å². The number of hydrogen-bond donors (Lipinski definition) is 4. The van der Waals surface area contributed by atoms with E-state index in [9.17, 15) is 18.8 Å². The van der Waals surface area contributed by atoms with Crippen LogP contribution in [-0.4, -0.2) is 39.6 Å². The van der Waals surface area contributed by atoms with E-state index in [2.05, 4.69) is 20.7 Å². The summed E-state index contributed by atoms with van der Waals surface area (Å²) >= 11 is 0. The minimum Gasteiger partial charge on any atom is -0.497 e.